The van der Waals surface area contributed by atoms with Crippen LogP contribution in [0.4, 0.5) is 5.69 Å². The molecule has 0 aliphatic heterocycles. The number of aryl methyl sites for hydroxylation is 2. The molecule has 3 heterocycles. The highest BCUT2D eigenvalue weighted by Crippen LogP contribution is 2.30. The van der Waals surface area contributed by atoms with Crippen LogP contribution in [0.15, 0.2) is 54.6 Å². The van der Waals surface area contributed by atoms with Crippen LogP contribution in [0, 0.1) is 6.92 Å². The van der Waals surface area contributed by atoms with Crippen molar-refractivity contribution in [3.8, 4) is 22.5 Å². The van der Waals surface area contributed by atoms with Crippen LogP contribution in [-0.2, 0) is 13.0 Å². The van der Waals surface area contributed by atoms with Gasteiger partial charge in [-0.2, -0.15) is 5.21 Å². The zero-order chi connectivity index (χ0) is 22.1. The molecule has 160 valence electrons. The van der Waals surface area contributed by atoms with E-state index in [2.05, 4.69) is 67.8 Å². The SMILES string of the molecule is CCc1nc2c(NC)cc(C)nc2n1Cc1ccc(-c2ccccc2-c2nn[nH]n2)cc1. The molecule has 0 saturated carbocycles. The summed E-state index contributed by atoms with van der Waals surface area (Å²) in [6.07, 6.45) is 0.842. The van der Waals surface area contributed by atoms with Gasteiger partial charge in [-0.3, -0.25) is 0 Å². The number of fused-ring (bicyclic) bond motifs is 1. The first-order valence-electron chi connectivity index (χ1n) is 10.6. The number of anilines is 1. The van der Waals surface area contributed by atoms with Crippen molar-refractivity contribution in [1.82, 2.24) is 35.2 Å². The van der Waals surface area contributed by atoms with E-state index in [-0.39, 0.29) is 0 Å². The van der Waals surface area contributed by atoms with Crippen molar-refractivity contribution in [2.24, 2.45) is 0 Å². The van der Waals surface area contributed by atoms with Gasteiger partial charge in [-0.05, 0) is 34.9 Å². The molecule has 0 bridgehead atoms. The summed E-state index contributed by atoms with van der Waals surface area (Å²) in [5, 5.41) is 17.8. The second-order valence-corrected chi connectivity index (χ2v) is 7.68. The van der Waals surface area contributed by atoms with Crippen LogP contribution < -0.4 is 5.32 Å². The summed E-state index contributed by atoms with van der Waals surface area (Å²) in [6.45, 7) is 4.85. The van der Waals surface area contributed by atoms with Crippen LogP contribution in [0.1, 0.15) is 24.0 Å². The Morgan fingerprint density at radius 3 is 2.47 bits per heavy atom. The molecule has 0 unspecified atom stereocenters. The lowest BCUT2D eigenvalue weighted by Gasteiger charge is -2.11. The minimum Gasteiger partial charge on any atom is -0.386 e. The van der Waals surface area contributed by atoms with Crippen molar-refractivity contribution in [3.63, 3.8) is 0 Å². The number of rotatable bonds is 6. The fraction of sp³-hybridized carbons (Fsp3) is 0.208. The van der Waals surface area contributed by atoms with Crippen molar-refractivity contribution in [1.29, 1.82) is 0 Å². The fourth-order valence-corrected chi connectivity index (χ4v) is 4.06. The van der Waals surface area contributed by atoms with Crippen molar-refractivity contribution >= 4 is 16.9 Å². The third-order valence-corrected chi connectivity index (χ3v) is 5.62. The summed E-state index contributed by atoms with van der Waals surface area (Å²) in [5.41, 5.74) is 8.12. The van der Waals surface area contributed by atoms with Crippen molar-refractivity contribution < 1.29 is 0 Å². The number of imidazole rings is 1. The minimum absolute atomic E-state index is 0.587. The van der Waals surface area contributed by atoms with E-state index in [4.69, 9.17) is 9.97 Å². The van der Waals surface area contributed by atoms with Crippen LogP contribution in [0.2, 0.25) is 0 Å². The first-order valence-corrected chi connectivity index (χ1v) is 10.6. The zero-order valence-electron chi connectivity index (χ0n) is 18.3. The molecule has 5 aromatic rings. The normalized spacial score (nSPS) is 11.2. The summed E-state index contributed by atoms with van der Waals surface area (Å²) in [4.78, 5) is 9.65. The molecule has 0 aliphatic carbocycles. The summed E-state index contributed by atoms with van der Waals surface area (Å²) in [5.74, 6) is 1.62. The molecule has 0 atom stereocenters. The highest BCUT2D eigenvalue weighted by atomic mass is 15.5. The largest absolute Gasteiger partial charge is 0.386 e. The lowest BCUT2D eigenvalue weighted by Crippen LogP contribution is -2.05. The Hall–Kier alpha value is -4.07. The first kappa shape index (κ1) is 19.9. The standard InChI is InChI=1S/C24H24N8/c1-4-21-27-22-20(25-3)13-15(2)26-24(22)32(21)14-16-9-11-17(12-10-16)18-7-5-6-8-19(18)23-28-30-31-29-23/h5-13H,4,14H2,1-3H3,(H,25,26)(H,28,29,30,31). The van der Waals surface area contributed by atoms with E-state index in [1.807, 2.05) is 38.2 Å². The predicted octanol–water partition coefficient (Wildman–Crippen LogP) is 4.24. The number of benzene rings is 2. The molecule has 0 radical (unpaired) electrons. The summed E-state index contributed by atoms with van der Waals surface area (Å²) in [6, 6.07) is 18.7. The van der Waals surface area contributed by atoms with Crippen molar-refractivity contribution in [3.05, 3.63) is 71.7 Å². The molecule has 0 saturated heterocycles. The van der Waals surface area contributed by atoms with Gasteiger partial charge in [-0.1, -0.05) is 55.5 Å². The molecule has 0 aliphatic rings. The Bertz CT molecular complexity index is 1370. The molecule has 5 rings (SSSR count). The Labute approximate surface area is 185 Å². The van der Waals surface area contributed by atoms with Gasteiger partial charge in [-0.25, -0.2) is 9.97 Å². The smallest absolute Gasteiger partial charge is 0.205 e. The maximum absolute atomic E-state index is 4.86. The number of hydrogen-bond donors (Lipinski definition) is 2. The average Bonchev–Trinajstić information content (AvgIpc) is 3.48. The van der Waals surface area contributed by atoms with Gasteiger partial charge in [0.1, 0.15) is 11.3 Å². The number of tetrazole rings is 1. The number of hydrogen-bond acceptors (Lipinski definition) is 6. The van der Waals surface area contributed by atoms with Gasteiger partial charge in [0, 0.05) is 24.7 Å². The molecule has 0 fully saturated rings. The first-order chi connectivity index (χ1) is 15.7. The van der Waals surface area contributed by atoms with Gasteiger partial charge in [0.25, 0.3) is 0 Å². The van der Waals surface area contributed by atoms with Gasteiger partial charge in [0.15, 0.2) is 5.65 Å². The zero-order valence-corrected chi connectivity index (χ0v) is 18.3. The Morgan fingerprint density at radius 1 is 1.00 bits per heavy atom. The summed E-state index contributed by atoms with van der Waals surface area (Å²) in [7, 11) is 1.92. The van der Waals surface area contributed by atoms with E-state index in [1.165, 1.54) is 5.56 Å². The number of nitrogens with zero attached hydrogens (tertiary/aromatic N) is 6. The lowest BCUT2D eigenvalue weighted by molar-refractivity contribution is 0.745. The second-order valence-electron chi connectivity index (χ2n) is 7.68. The Kier molecular flexibility index (Phi) is 5.10. The molecular formula is C24H24N8. The van der Waals surface area contributed by atoms with Gasteiger partial charge in [0.05, 0.1) is 12.2 Å². The molecule has 0 spiro atoms. The molecule has 3 aromatic heterocycles. The predicted molar refractivity (Wildman–Crippen MR) is 125 cm³/mol. The second kappa shape index (κ2) is 8.22. The number of H-pyrrole nitrogens is 1. The van der Waals surface area contributed by atoms with Crippen LogP contribution in [0.5, 0.6) is 0 Å². The van der Waals surface area contributed by atoms with E-state index < -0.39 is 0 Å². The average molecular weight is 425 g/mol. The molecule has 2 aromatic carbocycles. The van der Waals surface area contributed by atoms with Gasteiger partial charge < -0.3 is 9.88 Å². The monoisotopic (exact) mass is 424 g/mol. The molecular weight excluding hydrogens is 400 g/mol. The lowest BCUT2D eigenvalue weighted by atomic mass is 9.98. The van der Waals surface area contributed by atoms with E-state index >= 15 is 0 Å². The Morgan fingerprint density at radius 2 is 1.78 bits per heavy atom. The number of aromatic amines is 1. The van der Waals surface area contributed by atoms with Crippen LogP contribution in [-0.4, -0.2) is 42.2 Å². The minimum atomic E-state index is 0.587. The van der Waals surface area contributed by atoms with Gasteiger partial charge in [0.2, 0.25) is 5.82 Å². The van der Waals surface area contributed by atoms with E-state index in [0.717, 1.165) is 51.5 Å². The van der Waals surface area contributed by atoms with E-state index in [9.17, 15) is 0 Å². The van der Waals surface area contributed by atoms with E-state index in [0.29, 0.717) is 12.4 Å². The highest BCUT2D eigenvalue weighted by Gasteiger charge is 2.15. The number of pyridine rings is 1. The fourth-order valence-electron chi connectivity index (χ4n) is 4.06. The van der Waals surface area contributed by atoms with Crippen LogP contribution in [0.3, 0.4) is 0 Å². The maximum atomic E-state index is 4.86. The maximum Gasteiger partial charge on any atom is 0.205 e. The third-order valence-electron chi connectivity index (χ3n) is 5.62. The summed E-state index contributed by atoms with van der Waals surface area (Å²) < 4.78 is 2.21. The van der Waals surface area contributed by atoms with Crippen LogP contribution in [0.25, 0.3) is 33.7 Å². The summed E-state index contributed by atoms with van der Waals surface area (Å²) >= 11 is 0. The van der Waals surface area contributed by atoms with Gasteiger partial charge >= 0.3 is 0 Å². The van der Waals surface area contributed by atoms with Gasteiger partial charge in [-0.15, -0.1) is 10.2 Å². The molecule has 8 heteroatoms. The molecule has 2 N–H and O–H groups in total. The van der Waals surface area contributed by atoms with E-state index in [1.54, 1.807) is 0 Å². The van der Waals surface area contributed by atoms with Crippen LogP contribution >= 0.6 is 0 Å². The molecule has 8 nitrogen and oxygen atoms in total. The topological polar surface area (TPSA) is 97.2 Å². The van der Waals surface area contributed by atoms with Crippen molar-refractivity contribution in [2.45, 2.75) is 26.8 Å². The number of nitrogens with one attached hydrogen (secondary N) is 2. The van der Waals surface area contributed by atoms with Crippen molar-refractivity contribution in [2.75, 3.05) is 12.4 Å². The number of aromatic nitrogens is 7. The Balaban J connectivity index is 1.51. The molecule has 32 heavy (non-hydrogen) atoms. The molecule has 0 amide bonds. The quantitative estimate of drug-likeness (QED) is 0.423. The highest BCUT2D eigenvalue weighted by molar-refractivity contribution is 5.86. The third kappa shape index (κ3) is 3.49.